The van der Waals surface area contributed by atoms with Gasteiger partial charge in [-0.1, -0.05) is 13.8 Å². The second kappa shape index (κ2) is 8.66. The number of hydrogen-bond donors (Lipinski definition) is 3. The number of nitrogens with zero attached hydrogens (tertiary/aromatic N) is 2. The van der Waals surface area contributed by atoms with Crippen molar-refractivity contribution in [3.8, 4) is 16.9 Å². The molecule has 10 heteroatoms. The number of H-pyrrole nitrogens is 1. The van der Waals surface area contributed by atoms with Gasteiger partial charge >= 0.3 is 6.18 Å². The third kappa shape index (κ3) is 4.95. The Labute approximate surface area is 188 Å². The largest absolute Gasteiger partial charge is 0.492 e. The van der Waals surface area contributed by atoms with Crippen LogP contribution in [0.25, 0.3) is 22.2 Å². The van der Waals surface area contributed by atoms with Crippen molar-refractivity contribution >= 4 is 16.9 Å². The second-order valence-corrected chi connectivity index (χ2v) is 8.81. The molecule has 0 saturated heterocycles. The number of nitrogens with two attached hydrogens (primary N) is 1. The Hall–Kier alpha value is -3.14. The van der Waals surface area contributed by atoms with Gasteiger partial charge in [0.25, 0.3) is 0 Å². The first kappa shape index (κ1) is 23.0. The van der Waals surface area contributed by atoms with Crippen molar-refractivity contribution in [1.82, 2.24) is 20.3 Å². The SMILES string of the molecule is CC(C)C(N)(C(=O)NCC(F)(F)F)c1cncc(-c2c[nH]c3ncc(OCC4CC4)cc23)c1. The molecule has 0 aromatic carbocycles. The quantitative estimate of drug-likeness (QED) is 0.472. The Bertz CT molecular complexity index is 1160. The Kier molecular flexibility index (Phi) is 6.04. The molecule has 1 aliphatic carbocycles. The molecule has 3 heterocycles. The van der Waals surface area contributed by atoms with E-state index in [-0.39, 0.29) is 0 Å². The van der Waals surface area contributed by atoms with E-state index in [0.29, 0.717) is 35.0 Å². The number of aromatic nitrogens is 3. The molecule has 0 aliphatic heterocycles. The summed E-state index contributed by atoms with van der Waals surface area (Å²) in [6.45, 7) is 2.56. The number of ether oxygens (including phenoxy) is 1. The minimum absolute atomic E-state index is 0.318. The molecular formula is C23H26F3N5O2. The maximum atomic E-state index is 12.7. The molecule has 1 atom stereocenters. The summed E-state index contributed by atoms with van der Waals surface area (Å²) in [5, 5.41) is 2.71. The van der Waals surface area contributed by atoms with E-state index in [2.05, 4.69) is 15.0 Å². The Morgan fingerprint density at radius 1 is 1.27 bits per heavy atom. The Morgan fingerprint density at radius 2 is 2.03 bits per heavy atom. The lowest BCUT2D eigenvalue weighted by atomic mass is 9.80. The number of carbonyl (C=O) groups is 1. The average molecular weight is 461 g/mol. The minimum atomic E-state index is -4.54. The first-order valence-electron chi connectivity index (χ1n) is 10.8. The van der Waals surface area contributed by atoms with E-state index in [4.69, 9.17) is 10.5 Å². The number of fused-ring (bicyclic) bond motifs is 1. The van der Waals surface area contributed by atoms with Gasteiger partial charge in [0.15, 0.2) is 0 Å². The highest BCUT2D eigenvalue weighted by Crippen LogP contribution is 2.35. The molecule has 0 spiro atoms. The van der Waals surface area contributed by atoms with E-state index in [1.54, 1.807) is 38.5 Å². The highest BCUT2D eigenvalue weighted by molar-refractivity contribution is 5.95. The zero-order valence-electron chi connectivity index (χ0n) is 18.4. The van der Waals surface area contributed by atoms with Crippen molar-refractivity contribution in [3.63, 3.8) is 0 Å². The molecule has 4 rings (SSSR count). The molecule has 1 amide bonds. The molecule has 33 heavy (non-hydrogen) atoms. The van der Waals surface area contributed by atoms with E-state index in [9.17, 15) is 18.0 Å². The lowest BCUT2D eigenvalue weighted by Gasteiger charge is -2.32. The van der Waals surface area contributed by atoms with Crippen LogP contribution in [0.1, 0.15) is 32.3 Å². The molecule has 4 N–H and O–H groups in total. The fourth-order valence-electron chi connectivity index (χ4n) is 3.67. The molecule has 3 aromatic heterocycles. The number of hydrogen-bond acceptors (Lipinski definition) is 5. The van der Waals surface area contributed by atoms with E-state index >= 15 is 0 Å². The van der Waals surface area contributed by atoms with E-state index in [1.807, 2.05) is 11.4 Å². The van der Waals surface area contributed by atoms with Gasteiger partial charge in [0.2, 0.25) is 5.91 Å². The number of rotatable bonds is 8. The van der Waals surface area contributed by atoms with Crippen LogP contribution in [-0.4, -0.2) is 40.2 Å². The molecule has 0 radical (unpaired) electrons. The summed E-state index contributed by atoms with van der Waals surface area (Å²) in [7, 11) is 0. The molecule has 1 saturated carbocycles. The maximum absolute atomic E-state index is 12.7. The van der Waals surface area contributed by atoms with Gasteiger partial charge in [-0.15, -0.1) is 0 Å². The highest BCUT2D eigenvalue weighted by Gasteiger charge is 2.41. The number of amides is 1. The zero-order chi connectivity index (χ0) is 23.8. The summed E-state index contributed by atoms with van der Waals surface area (Å²) >= 11 is 0. The van der Waals surface area contributed by atoms with Crippen LogP contribution in [-0.2, 0) is 10.3 Å². The van der Waals surface area contributed by atoms with Gasteiger partial charge in [-0.3, -0.25) is 9.78 Å². The number of alkyl halides is 3. The number of halogens is 3. The number of nitrogens with one attached hydrogen (secondary N) is 2. The van der Waals surface area contributed by atoms with E-state index in [1.165, 1.54) is 19.0 Å². The summed E-state index contributed by atoms with van der Waals surface area (Å²) < 4.78 is 43.8. The van der Waals surface area contributed by atoms with Gasteiger partial charge < -0.3 is 20.8 Å². The maximum Gasteiger partial charge on any atom is 0.405 e. The highest BCUT2D eigenvalue weighted by atomic mass is 19.4. The van der Waals surface area contributed by atoms with Crippen LogP contribution in [0.3, 0.4) is 0 Å². The van der Waals surface area contributed by atoms with E-state index in [0.717, 1.165) is 10.9 Å². The van der Waals surface area contributed by atoms with Crippen molar-refractivity contribution in [1.29, 1.82) is 0 Å². The van der Waals surface area contributed by atoms with Gasteiger partial charge in [0.1, 0.15) is 23.5 Å². The number of carbonyl (C=O) groups excluding carboxylic acids is 1. The lowest BCUT2D eigenvalue weighted by molar-refractivity contribution is -0.143. The van der Waals surface area contributed by atoms with Gasteiger partial charge in [0.05, 0.1) is 12.8 Å². The van der Waals surface area contributed by atoms with Crippen LogP contribution < -0.4 is 15.8 Å². The summed E-state index contributed by atoms with van der Waals surface area (Å²) in [6, 6.07) is 3.57. The second-order valence-electron chi connectivity index (χ2n) is 8.81. The molecule has 7 nitrogen and oxygen atoms in total. The predicted octanol–water partition coefficient (Wildman–Crippen LogP) is 3.90. The van der Waals surface area contributed by atoms with Gasteiger partial charge in [-0.2, -0.15) is 13.2 Å². The van der Waals surface area contributed by atoms with Crippen LogP contribution in [0.4, 0.5) is 13.2 Å². The molecule has 1 fully saturated rings. The van der Waals surface area contributed by atoms with Crippen LogP contribution in [0.2, 0.25) is 0 Å². The van der Waals surface area contributed by atoms with Crippen LogP contribution >= 0.6 is 0 Å². The first-order valence-corrected chi connectivity index (χ1v) is 10.8. The number of aromatic amines is 1. The fraction of sp³-hybridized carbons (Fsp3) is 0.435. The van der Waals surface area contributed by atoms with Crippen molar-refractivity contribution in [2.45, 2.75) is 38.4 Å². The van der Waals surface area contributed by atoms with E-state index < -0.39 is 30.1 Å². The average Bonchev–Trinajstić information content (AvgIpc) is 3.52. The Morgan fingerprint density at radius 3 is 2.70 bits per heavy atom. The Balaban J connectivity index is 1.66. The summed E-state index contributed by atoms with van der Waals surface area (Å²) in [4.78, 5) is 24.5. The van der Waals surface area contributed by atoms with Crippen molar-refractivity contribution in [2.75, 3.05) is 13.2 Å². The monoisotopic (exact) mass is 461 g/mol. The van der Waals surface area contributed by atoms with Crippen LogP contribution in [0.5, 0.6) is 5.75 Å². The molecule has 176 valence electrons. The topological polar surface area (TPSA) is 106 Å². The zero-order valence-corrected chi connectivity index (χ0v) is 18.4. The number of pyridine rings is 2. The lowest BCUT2D eigenvalue weighted by Crippen LogP contribution is -2.56. The van der Waals surface area contributed by atoms with Crippen LogP contribution in [0.15, 0.2) is 36.9 Å². The van der Waals surface area contributed by atoms with Gasteiger partial charge in [-0.25, -0.2) is 4.98 Å². The smallest absolute Gasteiger partial charge is 0.405 e. The minimum Gasteiger partial charge on any atom is -0.492 e. The molecular weight excluding hydrogens is 435 g/mol. The third-order valence-corrected chi connectivity index (χ3v) is 5.95. The first-order chi connectivity index (χ1) is 15.6. The summed E-state index contributed by atoms with van der Waals surface area (Å²) in [5.41, 5.74) is 7.10. The predicted molar refractivity (Wildman–Crippen MR) is 117 cm³/mol. The molecule has 0 bridgehead atoms. The van der Waals surface area contributed by atoms with Gasteiger partial charge in [0, 0.05) is 40.7 Å². The third-order valence-electron chi connectivity index (χ3n) is 5.95. The molecule has 1 unspecified atom stereocenters. The molecule has 3 aromatic rings. The van der Waals surface area contributed by atoms with Crippen LogP contribution in [0, 0.1) is 11.8 Å². The summed E-state index contributed by atoms with van der Waals surface area (Å²) in [5.74, 6) is -0.148. The summed E-state index contributed by atoms with van der Waals surface area (Å²) in [6.07, 6.45) is 4.26. The van der Waals surface area contributed by atoms with Crippen molar-refractivity contribution in [3.05, 3.63) is 42.5 Å². The normalized spacial score (nSPS) is 16.1. The standard InChI is InChI=1S/C23H26F3N5O2/c1-13(2)23(27,21(32)31-12-22(24,25)26)16-5-15(7-28-8-16)19-10-30-20-18(19)6-17(9-29-20)33-11-14-3-4-14/h5-10,13-14H,3-4,11-12,27H2,1-2H3,(H,29,30)(H,31,32). The molecule has 1 aliphatic rings. The van der Waals surface area contributed by atoms with Crippen molar-refractivity contribution < 1.29 is 22.7 Å². The fourth-order valence-corrected chi connectivity index (χ4v) is 3.67. The van der Waals surface area contributed by atoms with Crippen molar-refractivity contribution in [2.24, 2.45) is 17.6 Å². The van der Waals surface area contributed by atoms with Gasteiger partial charge in [-0.05, 0) is 36.8 Å².